The fourth-order valence-corrected chi connectivity index (χ4v) is 1.46. The van der Waals surface area contributed by atoms with E-state index < -0.39 is 5.95 Å². The van der Waals surface area contributed by atoms with Crippen LogP contribution in [0.15, 0.2) is 36.5 Å². The normalized spacial score (nSPS) is 10.1. The van der Waals surface area contributed by atoms with Crippen LogP contribution in [-0.4, -0.2) is 10.9 Å². The molecule has 1 aromatic carbocycles. The lowest BCUT2D eigenvalue weighted by Crippen LogP contribution is -2.12. The molecule has 18 heavy (non-hydrogen) atoms. The maximum absolute atomic E-state index is 12.6. The molecular formula is C12H9ClFN3O. The zero-order valence-corrected chi connectivity index (χ0v) is 9.91. The number of nitrogens with one attached hydrogen (secondary N) is 1. The molecule has 1 amide bonds. The summed E-state index contributed by atoms with van der Waals surface area (Å²) in [6.07, 6.45) is 1.23. The van der Waals surface area contributed by atoms with Crippen LogP contribution in [0.2, 0.25) is 5.02 Å². The molecule has 0 saturated heterocycles. The van der Waals surface area contributed by atoms with Crippen LogP contribution in [-0.2, 0) is 0 Å². The van der Waals surface area contributed by atoms with Gasteiger partial charge in [-0.3, -0.25) is 4.79 Å². The van der Waals surface area contributed by atoms with Gasteiger partial charge in [-0.15, -0.1) is 0 Å². The van der Waals surface area contributed by atoms with Gasteiger partial charge in [-0.05, 0) is 30.3 Å². The third-order valence-electron chi connectivity index (χ3n) is 2.24. The average Bonchev–Trinajstić information content (AvgIpc) is 2.35. The molecule has 0 radical (unpaired) electrons. The molecule has 1 aromatic heterocycles. The Kier molecular flexibility index (Phi) is 3.43. The van der Waals surface area contributed by atoms with Gasteiger partial charge >= 0.3 is 0 Å². The maximum Gasteiger partial charge on any atom is 0.255 e. The topological polar surface area (TPSA) is 68.0 Å². The van der Waals surface area contributed by atoms with Crippen LogP contribution in [0.3, 0.4) is 0 Å². The second kappa shape index (κ2) is 5.01. The SMILES string of the molecule is Nc1cc(C(=O)Nc2ccc(F)nc2)ccc1Cl. The minimum Gasteiger partial charge on any atom is -0.398 e. The third kappa shape index (κ3) is 2.75. The quantitative estimate of drug-likeness (QED) is 0.648. The number of benzene rings is 1. The molecule has 0 fully saturated rings. The van der Waals surface area contributed by atoms with Crippen molar-refractivity contribution in [2.45, 2.75) is 0 Å². The Morgan fingerprint density at radius 3 is 2.72 bits per heavy atom. The number of pyridine rings is 1. The van der Waals surface area contributed by atoms with E-state index in [1.54, 1.807) is 6.07 Å². The number of anilines is 2. The number of aromatic nitrogens is 1. The second-order valence-corrected chi connectivity index (χ2v) is 3.97. The van der Waals surface area contributed by atoms with Gasteiger partial charge in [-0.1, -0.05) is 11.6 Å². The van der Waals surface area contributed by atoms with Crippen molar-refractivity contribution in [2.75, 3.05) is 11.1 Å². The van der Waals surface area contributed by atoms with E-state index >= 15 is 0 Å². The van der Waals surface area contributed by atoms with E-state index in [4.69, 9.17) is 17.3 Å². The Balaban J connectivity index is 2.16. The summed E-state index contributed by atoms with van der Waals surface area (Å²) < 4.78 is 12.6. The van der Waals surface area contributed by atoms with Crippen molar-refractivity contribution in [2.24, 2.45) is 0 Å². The lowest BCUT2D eigenvalue weighted by atomic mass is 10.2. The van der Waals surface area contributed by atoms with Gasteiger partial charge in [0.2, 0.25) is 5.95 Å². The molecule has 0 saturated carbocycles. The number of halogens is 2. The van der Waals surface area contributed by atoms with E-state index in [1.165, 1.54) is 24.4 Å². The first kappa shape index (κ1) is 12.3. The minimum absolute atomic E-state index is 0.321. The Hall–Kier alpha value is -2.14. The Labute approximate surface area is 108 Å². The molecule has 0 spiro atoms. The van der Waals surface area contributed by atoms with E-state index in [-0.39, 0.29) is 5.91 Å². The number of amides is 1. The lowest BCUT2D eigenvalue weighted by molar-refractivity contribution is 0.102. The monoisotopic (exact) mass is 265 g/mol. The van der Waals surface area contributed by atoms with Gasteiger partial charge < -0.3 is 11.1 Å². The number of nitrogens with two attached hydrogens (primary N) is 1. The smallest absolute Gasteiger partial charge is 0.255 e. The summed E-state index contributed by atoms with van der Waals surface area (Å²) >= 11 is 5.75. The van der Waals surface area contributed by atoms with Gasteiger partial charge in [0.25, 0.3) is 5.91 Å². The van der Waals surface area contributed by atoms with E-state index in [0.717, 1.165) is 6.07 Å². The molecule has 4 nitrogen and oxygen atoms in total. The number of nitrogens with zero attached hydrogens (tertiary/aromatic N) is 1. The van der Waals surface area contributed by atoms with Crippen molar-refractivity contribution in [3.05, 3.63) is 53.1 Å². The zero-order valence-electron chi connectivity index (χ0n) is 9.15. The Morgan fingerprint density at radius 1 is 1.33 bits per heavy atom. The summed E-state index contributed by atoms with van der Waals surface area (Å²) in [6.45, 7) is 0. The highest BCUT2D eigenvalue weighted by molar-refractivity contribution is 6.33. The molecule has 0 aliphatic carbocycles. The first-order valence-electron chi connectivity index (χ1n) is 5.04. The molecule has 0 bridgehead atoms. The molecule has 1 heterocycles. The number of nitrogen functional groups attached to an aromatic ring is 1. The van der Waals surface area contributed by atoms with Crippen LogP contribution in [0.5, 0.6) is 0 Å². The fourth-order valence-electron chi connectivity index (χ4n) is 1.34. The van der Waals surface area contributed by atoms with Gasteiger partial charge in [-0.2, -0.15) is 4.39 Å². The summed E-state index contributed by atoms with van der Waals surface area (Å²) in [7, 11) is 0. The molecule has 2 aromatic rings. The molecule has 0 unspecified atom stereocenters. The largest absolute Gasteiger partial charge is 0.398 e. The van der Waals surface area contributed by atoms with Crippen molar-refractivity contribution in [3.63, 3.8) is 0 Å². The molecular weight excluding hydrogens is 257 g/mol. The predicted octanol–water partition coefficient (Wildman–Crippen LogP) is 2.71. The summed E-state index contributed by atoms with van der Waals surface area (Å²) in [5, 5.41) is 2.95. The summed E-state index contributed by atoms with van der Waals surface area (Å²) in [4.78, 5) is 15.3. The number of rotatable bonds is 2. The highest BCUT2D eigenvalue weighted by Crippen LogP contribution is 2.20. The fraction of sp³-hybridized carbons (Fsp3) is 0. The zero-order chi connectivity index (χ0) is 13.1. The Morgan fingerprint density at radius 2 is 2.11 bits per heavy atom. The highest BCUT2D eigenvalue weighted by atomic mass is 35.5. The van der Waals surface area contributed by atoms with E-state index in [2.05, 4.69) is 10.3 Å². The molecule has 3 N–H and O–H groups in total. The van der Waals surface area contributed by atoms with Crippen molar-refractivity contribution in [1.29, 1.82) is 0 Å². The van der Waals surface area contributed by atoms with Crippen LogP contribution >= 0.6 is 11.6 Å². The molecule has 0 atom stereocenters. The van der Waals surface area contributed by atoms with Gasteiger partial charge in [0, 0.05) is 5.56 Å². The molecule has 2 rings (SSSR count). The van der Waals surface area contributed by atoms with Crippen LogP contribution in [0.1, 0.15) is 10.4 Å². The number of carbonyl (C=O) groups excluding carboxylic acids is 1. The van der Waals surface area contributed by atoms with E-state index in [1.807, 2.05) is 0 Å². The standard InChI is InChI=1S/C12H9ClFN3O/c13-9-3-1-7(5-10(9)15)12(18)17-8-2-4-11(14)16-6-8/h1-6H,15H2,(H,17,18). The summed E-state index contributed by atoms with van der Waals surface area (Å²) in [5.41, 5.74) is 6.68. The first-order valence-corrected chi connectivity index (χ1v) is 5.42. The number of carbonyl (C=O) groups is 1. The van der Waals surface area contributed by atoms with Gasteiger partial charge in [0.05, 0.1) is 22.6 Å². The predicted molar refractivity (Wildman–Crippen MR) is 68.0 cm³/mol. The van der Waals surface area contributed by atoms with Gasteiger partial charge in [0.15, 0.2) is 0 Å². The second-order valence-electron chi connectivity index (χ2n) is 3.56. The van der Waals surface area contributed by atoms with Crippen LogP contribution in [0, 0.1) is 5.95 Å². The lowest BCUT2D eigenvalue weighted by Gasteiger charge is -2.06. The van der Waals surface area contributed by atoms with Gasteiger partial charge in [-0.25, -0.2) is 4.98 Å². The molecule has 0 aliphatic heterocycles. The van der Waals surface area contributed by atoms with E-state index in [9.17, 15) is 9.18 Å². The molecule has 92 valence electrons. The van der Waals surface area contributed by atoms with Crippen molar-refractivity contribution < 1.29 is 9.18 Å². The summed E-state index contributed by atoms with van der Waals surface area (Å²) in [6, 6.07) is 7.12. The number of hydrogen-bond donors (Lipinski definition) is 2. The van der Waals surface area contributed by atoms with Crippen LogP contribution < -0.4 is 11.1 Å². The van der Waals surface area contributed by atoms with Crippen LogP contribution in [0.25, 0.3) is 0 Å². The highest BCUT2D eigenvalue weighted by Gasteiger charge is 2.08. The maximum atomic E-state index is 12.6. The third-order valence-corrected chi connectivity index (χ3v) is 2.59. The van der Waals surface area contributed by atoms with E-state index in [0.29, 0.717) is 22.0 Å². The Bertz CT molecular complexity index is 586. The van der Waals surface area contributed by atoms with Crippen molar-refractivity contribution in [3.8, 4) is 0 Å². The number of hydrogen-bond acceptors (Lipinski definition) is 3. The van der Waals surface area contributed by atoms with Crippen LogP contribution in [0.4, 0.5) is 15.8 Å². The summed E-state index contributed by atoms with van der Waals surface area (Å²) in [5.74, 6) is -0.976. The minimum atomic E-state index is -0.608. The van der Waals surface area contributed by atoms with Crippen molar-refractivity contribution in [1.82, 2.24) is 4.98 Å². The average molecular weight is 266 g/mol. The molecule has 0 aliphatic rings. The van der Waals surface area contributed by atoms with Crippen molar-refractivity contribution >= 4 is 28.9 Å². The first-order chi connectivity index (χ1) is 8.56. The molecule has 6 heteroatoms. The van der Waals surface area contributed by atoms with Gasteiger partial charge in [0.1, 0.15) is 0 Å².